The molecular weight excluding hydrogens is 334 g/mol. The maximum absolute atomic E-state index is 12.8. The molecule has 3 rings (SSSR count). The summed E-state index contributed by atoms with van der Waals surface area (Å²) in [7, 11) is 0. The normalized spacial score (nSPS) is 13.2. The summed E-state index contributed by atoms with van der Waals surface area (Å²) in [6.07, 6.45) is 0.256. The molecule has 1 N–H and O–H groups in total. The first-order chi connectivity index (χ1) is 13.0. The molecule has 0 spiro atoms. The minimum atomic E-state index is -0.574. The van der Waals surface area contributed by atoms with Crippen LogP contribution in [0, 0.1) is 13.8 Å². The zero-order valence-corrected chi connectivity index (χ0v) is 16.5. The maximum atomic E-state index is 12.8. The van der Waals surface area contributed by atoms with E-state index in [1.54, 1.807) is 6.92 Å². The predicted molar refractivity (Wildman–Crippen MR) is 111 cm³/mol. The summed E-state index contributed by atoms with van der Waals surface area (Å²) in [4.78, 5) is 12.8. The van der Waals surface area contributed by atoms with Crippen molar-refractivity contribution in [2.75, 3.05) is 0 Å². The largest absolute Gasteiger partial charge is 0.480 e. The molecule has 0 aliphatic carbocycles. The molecule has 2 atom stereocenters. The van der Waals surface area contributed by atoms with Crippen molar-refractivity contribution in [1.29, 1.82) is 0 Å². The number of ether oxygens (including phenoxy) is 1. The third-order valence-electron chi connectivity index (χ3n) is 4.95. The van der Waals surface area contributed by atoms with Gasteiger partial charge in [-0.25, -0.2) is 0 Å². The zero-order valence-electron chi connectivity index (χ0n) is 16.5. The number of carbonyl (C=O) groups is 1. The smallest absolute Gasteiger partial charge is 0.261 e. The predicted octanol–water partition coefficient (Wildman–Crippen LogP) is 5.49. The van der Waals surface area contributed by atoms with Crippen LogP contribution in [0.4, 0.5) is 0 Å². The zero-order chi connectivity index (χ0) is 19.4. The first kappa shape index (κ1) is 19.0. The molecule has 0 bridgehead atoms. The van der Waals surface area contributed by atoms with E-state index in [1.807, 2.05) is 42.5 Å². The van der Waals surface area contributed by atoms with Crippen LogP contribution < -0.4 is 10.1 Å². The van der Waals surface area contributed by atoms with Gasteiger partial charge >= 0.3 is 0 Å². The van der Waals surface area contributed by atoms with Gasteiger partial charge in [-0.05, 0) is 49.8 Å². The molecule has 0 fully saturated rings. The summed E-state index contributed by atoms with van der Waals surface area (Å²) in [6.45, 7) is 8.05. The Balaban J connectivity index is 1.74. The fraction of sp³-hybridized carbons (Fsp3) is 0.292. The molecular formula is C24H27NO2. The Labute approximate surface area is 161 Å². The Bertz CT molecular complexity index is 943. The quantitative estimate of drug-likeness (QED) is 0.630. The van der Waals surface area contributed by atoms with E-state index in [4.69, 9.17) is 4.74 Å². The lowest BCUT2D eigenvalue weighted by Gasteiger charge is -2.23. The second-order valence-electron chi connectivity index (χ2n) is 7.07. The molecule has 3 heteroatoms. The van der Waals surface area contributed by atoms with E-state index in [0.29, 0.717) is 0 Å². The highest BCUT2D eigenvalue weighted by Gasteiger charge is 2.21. The monoisotopic (exact) mass is 361 g/mol. The molecule has 0 heterocycles. The molecule has 140 valence electrons. The molecule has 0 radical (unpaired) electrons. The lowest BCUT2D eigenvalue weighted by Crippen LogP contribution is -2.38. The van der Waals surface area contributed by atoms with Crippen molar-refractivity contribution in [3.8, 4) is 5.75 Å². The van der Waals surface area contributed by atoms with Gasteiger partial charge in [0.1, 0.15) is 5.75 Å². The van der Waals surface area contributed by atoms with Crippen LogP contribution in [-0.2, 0) is 4.79 Å². The van der Waals surface area contributed by atoms with Crippen LogP contribution in [0.15, 0.2) is 60.7 Å². The lowest BCUT2D eigenvalue weighted by molar-refractivity contribution is -0.128. The van der Waals surface area contributed by atoms with Crippen molar-refractivity contribution in [3.63, 3.8) is 0 Å². The van der Waals surface area contributed by atoms with E-state index in [2.05, 4.69) is 44.3 Å². The molecule has 0 aliphatic rings. The van der Waals surface area contributed by atoms with Crippen molar-refractivity contribution in [2.45, 2.75) is 46.3 Å². The number of aryl methyl sites for hydroxylation is 2. The molecule has 0 aromatic heterocycles. The third kappa shape index (κ3) is 4.30. The number of rotatable bonds is 6. The van der Waals surface area contributed by atoms with Gasteiger partial charge in [-0.15, -0.1) is 0 Å². The number of fused-ring (bicyclic) bond motifs is 1. The number of amides is 1. The number of benzene rings is 3. The fourth-order valence-corrected chi connectivity index (χ4v) is 3.45. The highest BCUT2D eigenvalue weighted by atomic mass is 16.5. The highest BCUT2D eigenvalue weighted by molar-refractivity contribution is 5.89. The van der Waals surface area contributed by atoms with Gasteiger partial charge in [-0.2, -0.15) is 0 Å². The van der Waals surface area contributed by atoms with Crippen LogP contribution in [0.25, 0.3) is 10.8 Å². The summed E-state index contributed by atoms with van der Waals surface area (Å²) in [5.41, 5.74) is 3.59. The van der Waals surface area contributed by atoms with Gasteiger partial charge in [0.05, 0.1) is 6.04 Å². The van der Waals surface area contributed by atoms with Crippen LogP contribution in [0.5, 0.6) is 5.75 Å². The minimum Gasteiger partial charge on any atom is -0.480 e. The molecule has 27 heavy (non-hydrogen) atoms. The summed E-state index contributed by atoms with van der Waals surface area (Å²) < 4.78 is 6.01. The average Bonchev–Trinajstić information content (AvgIpc) is 2.66. The molecule has 0 saturated carbocycles. The number of nitrogens with one attached hydrogen (secondary N) is 1. The second-order valence-corrected chi connectivity index (χ2v) is 7.07. The van der Waals surface area contributed by atoms with Crippen molar-refractivity contribution >= 4 is 16.7 Å². The third-order valence-corrected chi connectivity index (χ3v) is 4.95. The lowest BCUT2D eigenvalue weighted by atomic mass is 9.97. The van der Waals surface area contributed by atoms with Gasteiger partial charge in [-0.1, -0.05) is 67.1 Å². The molecule has 3 aromatic carbocycles. The summed E-state index contributed by atoms with van der Waals surface area (Å²) in [5, 5.41) is 5.26. The first-order valence-electron chi connectivity index (χ1n) is 9.51. The molecule has 1 amide bonds. The van der Waals surface area contributed by atoms with E-state index in [0.717, 1.165) is 28.5 Å². The highest BCUT2D eigenvalue weighted by Crippen LogP contribution is 2.26. The molecule has 0 aliphatic heterocycles. The van der Waals surface area contributed by atoms with Crippen LogP contribution >= 0.6 is 0 Å². The van der Waals surface area contributed by atoms with E-state index in [1.165, 1.54) is 11.1 Å². The Hall–Kier alpha value is -2.81. The Kier molecular flexibility index (Phi) is 5.80. The maximum Gasteiger partial charge on any atom is 0.261 e. The number of carbonyl (C=O) groups excluding carboxylic acids is 1. The standard InChI is InChI=1S/C24H27NO2/c1-5-22(20-14-13-16(2)15-17(20)3)25-24(26)18(4)27-23-12-8-10-19-9-6-7-11-21(19)23/h6-15,18,22H,5H2,1-4H3,(H,25,26)/t18-,22-/m1/s1. The molecule has 0 saturated heterocycles. The van der Waals surface area contributed by atoms with Crippen LogP contribution in [0.2, 0.25) is 0 Å². The van der Waals surface area contributed by atoms with E-state index in [-0.39, 0.29) is 11.9 Å². The van der Waals surface area contributed by atoms with E-state index < -0.39 is 6.10 Å². The Morgan fingerprint density at radius 2 is 1.78 bits per heavy atom. The van der Waals surface area contributed by atoms with Crippen molar-refractivity contribution < 1.29 is 9.53 Å². The van der Waals surface area contributed by atoms with Crippen molar-refractivity contribution in [1.82, 2.24) is 5.32 Å². The summed E-state index contributed by atoms with van der Waals surface area (Å²) in [6, 6.07) is 20.3. The second kappa shape index (κ2) is 8.26. The number of hydrogen-bond acceptors (Lipinski definition) is 2. The van der Waals surface area contributed by atoms with Gasteiger partial charge in [0.15, 0.2) is 6.10 Å². The van der Waals surface area contributed by atoms with Crippen LogP contribution in [0.3, 0.4) is 0 Å². The van der Waals surface area contributed by atoms with Crippen LogP contribution in [-0.4, -0.2) is 12.0 Å². The molecule has 3 aromatic rings. The van der Waals surface area contributed by atoms with E-state index >= 15 is 0 Å². The van der Waals surface area contributed by atoms with Gasteiger partial charge in [-0.3, -0.25) is 4.79 Å². The minimum absolute atomic E-state index is 0.0170. The molecule has 0 unspecified atom stereocenters. The van der Waals surface area contributed by atoms with Gasteiger partial charge in [0, 0.05) is 5.39 Å². The SMILES string of the molecule is CC[C@@H](NC(=O)[C@@H](C)Oc1cccc2ccccc12)c1ccc(C)cc1C. The van der Waals surface area contributed by atoms with Gasteiger partial charge in [0.25, 0.3) is 5.91 Å². The Morgan fingerprint density at radius 3 is 2.52 bits per heavy atom. The topological polar surface area (TPSA) is 38.3 Å². The first-order valence-corrected chi connectivity index (χ1v) is 9.51. The van der Waals surface area contributed by atoms with Crippen molar-refractivity contribution in [3.05, 3.63) is 77.4 Å². The van der Waals surface area contributed by atoms with Gasteiger partial charge in [0.2, 0.25) is 0 Å². The Morgan fingerprint density at radius 1 is 1.04 bits per heavy atom. The van der Waals surface area contributed by atoms with Gasteiger partial charge < -0.3 is 10.1 Å². The van der Waals surface area contributed by atoms with Crippen molar-refractivity contribution in [2.24, 2.45) is 0 Å². The fourth-order valence-electron chi connectivity index (χ4n) is 3.45. The summed E-state index contributed by atoms with van der Waals surface area (Å²) >= 11 is 0. The molecule has 3 nitrogen and oxygen atoms in total. The van der Waals surface area contributed by atoms with E-state index in [9.17, 15) is 4.79 Å². The number of hydrogen-bond donors (Lipinski definition) is 1. The van der Waals surface area contributed by atoms with Crippen LogP contribution in [0.1, 0.15) is 43.0 Å². The average molecular weight is 361 g/mol. The summed E-state index contributed by atoms with van der Waals surface area (Å²) in [5.74, 6) is 0.630.